The molecule has 0 fully saturated rings. The Balaban J connectivity index is 3.87. The van der Waals surface area contributed by atoms with Crippen LogP contribution < -0.4 is 5.32 Å². The van der Waals surface area contributed by atoms with Crippen molar-refractivity contribution in [1.29, 1.82) is 0 Å². The molecule has 0 rings (SSSR count). The largest absolute Gasteiger partial charge is 0.468 e. The lowest BCUT2D eigenvalue weighted by Gasteiger charge is -2.16. The maximum Gasteiger partial charge on any atom is 0.441 e. The number of hydrogen-bond acceptors (Lipinski definition) is 4. The van der Waals surface area contributed by atoms with Crippen LogP contribution >= 0.6 is 11.8 Å². The number of carbonyl (C=O) groups excluding carboxylic acids is 1. The van der Waals surface area contributed by atoms with E-state index in [-0.39, 0.29) is 24.1 Å². The molecule has 7 heteroatoms. The summed E-state index contributed by atoms with van der Waals surface area (Å²) in [5, 5.41) is 2.78. The van der Waals surface area contributed by atoms with Gasteiger partial charge in [-0.05, 0) is 18.2 Å². The summed E-state index contributed by atoms with van der Waals surface area (Å²) >= 11 is -0.0959. The van der Waals surface area contributed by atoms with Crippen molar-refractivity contribution in [3.05, 3.63) is 0 Å². The Kier molecular flexibility index (Phi) is 8.41. The van der Waals surface area contributed by atoms with Gasteiger partial charge in [-0.15, -0.1) is 0 Å². The number of hydrogen-bond donors (Lipinski definition) is 1. The van der Waals surface area contributed by atoms with Crippen LogP contribution in [0.2, 0.25) is 0 Å². The van der Waals surface area contributed by atoms with Crippen molar-refractivity contribution in [2.45, 2.75) is 37.7 Å². The van der Waals surface area contributed by atoms with Gasteiger partial charge in [0.05, 0.1) is 7.11 Å². The number of thioether (sulfide) groups is 1. The van der Waals surface area contributed by atoms with E-state index in [1.807, 2.05) is 6.92 Å². The standard InChI is InChI=1S/C10H18F3NO2S/c1-3-4-5-8(9(15)16-2)14-6-7-17-10(11,12)13/h8,14H,3-7H2,1-2H3. The summed E-state index contributed by atoms with van der Waals surface area (Å²) < 4.78 is 40.1. The molecule has 17 heavy (non-hydrogen) atoms. The lowest BCUT2D eigenvalue weighted by Crippen LogP contribution is -2.39. The van der Waals surface area contributed by atoms with Gasteiger partial charge in [0.15, 0.2) is 0 Å². The third kappa shape index (κ3) is 9.29. The second-order valence-corrected chi connectivity index (χ2v) is 4.63. The van der Waals surface area contributed by atoms with Crippen LogP contribution in [0.4, 0.5) is 13.2 Å². The van der Waals surface area contributed by atoms with Crippen molar-refractivity contribution >= 4 is 17.7 Å². The van der Waals surface area contributed by atoms with Gasteiger partial charge in [0.25, 0.3) is 0 Å². The summed E-state index contributed by atoms with van der Waals surface area (Å²) in [6.07, 6.45) is 2.34. The van der Waals surface area contributed by atoms with Crippen molar-refractivity contribution in [1.82, 2.24) is 5.32 Å². The SMILES string of the molecule is CCCCC(NCCSC(F)(F)F)C(=O)OC. The Morgan fingerprint density at radius 1 is 1.47 bits per heavy atom. The molecule has 0 aromatic heterocycles. The Labute approximate surface area is 103 Å². The second-order valence-electron chi connectivity index (χ2n) is 3.47. The smallest absolute Gasteiger partial charge is 0.441 e. The molecule has 0 aromatic carbocycles. The molecule has 0 saturated carbocycles. The van der Waals surface area contributed by atoms with E-state index in [0.717, 1.165) is 12.8 Å². The van der Waals surface area contributed by atoms with Crippen LogP contribution in [0.1, 0.15) is 26.2 Å². The van der Waals surface area contributed by atoms with Gasteiger partial charge in [0.2, 0.25) is 0 Å². The van der Waals surface area contributed by atoms with E-state index in [2.05, 4.69) is 10.1 Å². The minimum Gasteiger partial charge on any atom is -0.468 e. The lowest BCUT2D eigenvalue weighted by atomic mass is 10.1. The van der Waals surface area contributed by atoms with E-state index in [4.69, 9.17) is 0 Å². The molecule has 3 nitrogen and oxygen atoms in total. The van der Waals surface area contributed by atoms with Gasteiger partial charge in [-0.2, -0.15) is 13.2 Å². The van der Waals surface area contributed by atoms with Crippen molar-refractivity contribution in [3.8, 4) is 0 Å². The first-order valence-corrected chi connectivity index (χ1v) is 6.41. The highest BCUT2D eigenvalue weighted by Crippen LogP contribution is 2.29. The van der Waals surface area contributed by atoms with E-state index in [0.29, 0.717) is 6.42 Å². The molecular weight excluding hydrogens is 255 g/mol. The van der Waals surface area contributed by atoms with Crippen molar-refractivity contribution in [3.63, 3.8) is 0 Å². The average molecular weight is 273 g/mol. The Bertz CT molecular complexity index is 224. The van der Waals surface area contributed by atoms with Gasteiger partial charge in [0.1, 0.15) is 6.04 Å². The van der Waals surface area contributed by atoms with Gasteiger partial charge in [-0.25, -0.2) is 0 Å². The highest BCUT2D eigenvalue weighted by molar-refractivity contribution is 8.00. The molecule has 0 aliphatic heterocycles. The molecule has 0 aromatic rings. The minimum atomic E-state index is -4.22. The first-order valence-electron chi connectivity index (χ1n) is 5.42. The van der Waals surface area contributed by atoms with Crippen LogP contribution in [0.3, 0.4) is 0 Å². The third-order valence-corrected chi connectivity index (χ3v) is 2.83. The zero-order chi connectivity index (χ0) is 13.3. The molecule has 0 saturated heterocycles. The van der Waals surface area contributed by atoms with Gasteiger partial charge in [0, 0.05) is 12.3 Å². The molecule has 0 aliphatic carbocycles. The third-order valence-electron chi connectivity index (χ3n) is 2.09. The normalized spacial score (nSPS) is 13.5. The van der Waals surface area contributed by atoms with Crippen molar-refractivity contribution in [2.24, 2.45) is 0 Å². The van der Waals surface area contributed by atoms with Crippen LogP contribution in [-0.2, 0) is 9.53 Å². The van der Waals surface area contributed by atoms with Crippen molar-refractivity contribution in [2.75, 3.05) is 19.4 Å². The molecule has 0 spiro atoms. The predicted molar refractivity (Wildman–Crippen MR) is 61.8 cm³/mol. The summed E-state index contributed by atoms with van der Waals surface area (Å²) in [7, 11) is 1.27. The van der Waals surface area contributed by atoms with Gasteiger partial charge >= 0.3 is 11.5 Å². The topological polar surface area (TPSA) is 38.3 Å². The zero-order valence-electron chi connectivity index (χ0n) is 9.97. The summed E-state index contributed by atoms with van der Waals surface area (Å²) in [6.45, 7) is 2.11. The molecule has 1 atom stereocenters. The predicted octanol–water partition coefficient (Wildman–Crippen LogP) is 2.56. The van der Waals surface area contributed by atoms with Crippen LogP contribution in [0.15, 0.2) is 0 Å². The fraction of sp³-hybridized carbons (Fsp3) is 0.900. The van der Waals surface area contributed by atoms with Crippen LogP contribution in [-0.4, -0.2) is 36.9 Å². The Morgan fingerprint density at radius 3 is 2.59 bits per heavy atom. The fourth-order valence-electron chi connectivity index (χ4n) is 1.25. The first kappa shape index (κ1) is 16.6. The number of nitrogens with one attached hydrogen (secondary N) is 1. The number of unbranched alkanes of at least 4 members (excludes halogenated alkanes) is 1. The Hall–Kier alpha value is -0.430. The number of esters is 1. The zero-order valence-corrected chi connectivity index (χ0v) is 10.8. The monoisotopic (exact) mass is 273 g/mol. The van der Waals surface area contributed by atoms with Crippen LogP contribution in [0.25, 0.3) is 0 Å². The molecule has 0 bridgehead atoms. The summed E-state index contributed by atoms with van der Waals surface area (Å²) in [5.74, 6) is -0.529. The maximum absolute atomic E-state index is 11.9. The number of alkyl halides is 3. The number of methoxy groups -OCH3 is 1. The molecule has 0 amide bonds. The van der Waals surface area contributed by atoms with E-state index in [1.54, 1.807) is 0 Å². The Morgan fingerprint density at radius 2 is 2.12 bits per heavy atom. The highest BCUT2D eigenvalue weighted by Gasteiger charge is 2.27. The first-order chi connectivity index (χ1) is 7.90. The number of ether oxygens (including phenoxy) is 1. The quantitative estimate of drug-likeness (QED) is 0.545. The fourth-order valence-corrected chi connectivity index (χ4v) is 1.71. The van der Waals surface area contributed by atoms with E-state index in [1.165, 1.54) is 7.11 Å². The van der Waals surface area contributed by atoms with E-state index >= 15 is 0 Å². The maximum atomic E-state index is 11.9. The molecule has 102 valence electrons. The van der Waals surface area contributed by atoms with Gasteiger partial charge < -0.3 is 10.1 Å². The van der Waals surface area contributed by atoms with Gasteiger partial charge in [-0.1, -0.05) is 19.8 Å². The van der Waals surface area contributed by atoms with E-state index < -0.39 is 17.5 Å². The average Bonchev–Trinajstić information content (AvgIpc) is 2.25. The van der Waals surface area contributed by atoms with Crippen LogP contribution in [0.5, 0.6) is 0 Å². The number of carbonyl (C=O) groups is 1. The summed E-state index contributed by atoms with van der Waals surface area (Å²) in [6, 6.07) is -0.506. The van der Waals surface area contributed by atoms with Crippen molar-refractivity contribution < 1.29 is 22.7 Å². The summed E-state index contributed by atoms with van der Waals surface area (Å²) in [5.41, 5.74) is -4.22. The van der Waals surface area contributed by atoms with Gasteiger partial charge in [-0.3, -0.25) is 4.79 Å². The number of halogens is 3. The lowest BCUT2D eigenvalue weighted by molar-refractivity contribution is -0.143. The molecule has 0 heterocycles. The molecule has 0 aliphatic rings. The molecule has 0 radical (unpaired) electrons. The number of rotatable bonds is 8. The highest BCUT2D eigenvalue weighted by atomic mass is 32.2. The molecule has 1 unspecified atom stereocenters. The van der Waals surface area contributed by atoms with E-state index in [9.17, 15) is 18.0 Å². The summed E-state index contributed by atoms with van der Waals surface area (Å²) in [4.78, 5) is 11.3. The molecular formula is C10H18F3NO2S. The second kappa shape index (κ2) is 8.63. The molecule has 1 N–H and O–H groups in total. The van der Waals surface area contributed by atoms with Crippen LogP contribution in [0, 0.1) is 0 Å². The minimum absolute atomic E-state index is 0.0959.